The van der Waals surface area contributed by atoms with Gasteiger partial charge in [0.1, 0.15) is 5.01 Å². The summed E-state index contributed by atoms with van der Waals surface area (Å²) in [6, 6.07) is 14.9. The lowest BCUT2D eigenvalue weighted by molar-refractivity contribution is -0.143. The van der Waals surface area contributed by atoms with Crippen LogP contribution in [0.3, 0.4) is 0 Å². The lowest BCUT2D eigenvalue weighted by Gasteiger charge is -2.36. The highest BCUT2D eigenvalue weighted by Crippen LogP contribution is 2.38. The summed E-state index contributed by atoms with van der Waals surface area (Å²) in [7, 11) is 0. The number of benzene rings is 2. The summed E-state index contributed by atoms with van der Waals surface area (Å²) in [5.41, 5.74) is 4.82. The molecule has 4 rings (SSSR count). The Kier molecular flexibility index (Phi) is 4.98. The summed E-state index contributed by atoms with van der Waals surface area (Å²) in [4.78, 5) is 18.7. The molecule has 2 aromatic carbocycles. The second-order valence-electron chi connectivity index (χ2n) is 7.43. The molecule has 4 nitrogen and oxygen atoms in total. The molecule has 1 aromatic heterocycles. The fourth-order valence-corrected chi connectivity index (χ4v) is 5.15. The van der Waals surface area contributed by atoms with Gasteiger partial charge in [-0.3, -0.25) is 9.69 Å². The second kappa shape index (κ2) is 7.41. The van der Waals surface area contributed by atoms with Gasteiger partial charge in [0.25, 0.3) is 0 Å². The van der Waals surface area contributed by atoms with Crippen LogP contribution in [-0.2, 0) is 4.79 Å². The summed E-state index contributed by atoms with van der Waals surface area (Å²) < 4.78 is 1.20. The number of fused-ring (bicyclic) bond motifs is 1. The van der Waals surface area contributed by atoms with Crippen molar-refractivity contribution in [3.05, 3.63) is 64.2 Å². The monoisotopic (exact) mass is 380 g/mol. The number of aliphatic carboxylic acids is 1. The Morgan fingerprint density at radius 2 is 1.93 bits per heavy atom. The molecule has 27 heavy (non-hydrogen) atoms. The molecule has 0 spiro atoms. The summed E-state index contributed by atoms with van der Waals surface area (Å²) >= 11 is 1.74. The Balaban J connectivity index is 1.74. The van der Waals surface area contributed by atoms with Crippen LogP contribution >= 0.6 is 11.3 Å². The van der Waals surface area contributed by atoms with E-state index in [0.717, 1.165) is 23.6 Å². The van der Waals surface area contributed by atoms with Crippen LogP contribution in [0.15, 0.2) is 42.5 Å². The molecule has 0 amide bonds. The van der Waals surface area contributed by atoms with Crippen LogP contribution in [-0.4, -0.2) is 34.0 Å². The average Bonchev–Trinajstić information content (AvgIpc) is 3.08. The average molecular weight is 381 g/mol. The molecular formula is C22H24N2O2S. The van der Waals surface area contributed by atoms with Crippen LogP contribution in [0.2, 0.25) is 0 Å². The molecule has 0 radical (unpaired) electrons. The second-order valence-corrected chi connectivity index (χ2v) is 8.49. The first-order valence-electron chi connectivity index (χ1n) is 9.42. The van der Waals surface area contributed by atoms with Crippen molar-refractivity contribution >= 4 is 27.5 Å². The van der Waals surface area contributed by atoms with Gasteiger partial charge in [-0.25, -0.2) is 4.98 Å². The highest BCUT2D eigenvalue weighted by molar-refractivity contribution is 7.18. The lowest BCUT2D eigenvalue weighted by Crippen LogP contribution is -2.39. The fourth-order valence-electron chi connectivity index (χ4n) is 4.03. The van der Waals surface area contributed by atoms with Crippen molar-refractivity contribution in [1.29, 1.82) is 0 Å². The largest absolute Gasteiger partial charge is 0.481 e. The normalized spacial score (nSPS) is 17.3. The molecule has 140 valence electrons. The predicted molar refractivity (Wildman–Crippen MR) is 109 cm³/mol. The maximum absolute atomic E-state index is 11.4. The van der Waals surface area contributed by atoms with Crippen LogP contribution in [0.1, 0.15) is 40.6 Å². The van der Waals surface area contributed by atoms with E-state index < -0.39 is 5.97 Å². The van der Waals surface area contributed by atoms with Crippen molar-refractivity contribution in [3.8, 4) is 0 Å². The van der Waals surface area contributed by atoms with Gasteiger partial charge in [0.15, 0.2) is 0 Å². The summed E-state index contributed by atoms with van der Waals surface area (Å²) in [5.74, 6) is -0.894. The number of hydrogen-bond donors (Lipinski definition) is 1. The van der Waals surface area contributed by atoms with Crippen molar-refractivity contribution in [2.75, 3.05) is 13.1 Å². The Hall–Kier alpha value is -2.24. The molecule has 1 unspecified atom stereocenters. The standard InChI is InChI=1S/C22H24N2O2S/c1-14-7-8-17(15(2)13-14)20(24-11-9-16(10-12-24)22(25)26)21-23-18-5-3-4-6-19(18)27-21/h3-8,13,16,20H,9-12H2,1-2H3,(H,25,26). The number of thiazole rings is 1. The summed E-state index contributed by atoms with van der Waals surface area (Å²) in [5, 5.41) is 10.4. The van der Waals surface area contributed by atoms with Crippen LogP contribution in [0.4, 0.5) is 0 Å². The number of carboxylic acid groups (broad SMARTS) is 1. The molecule has 1 atom stereocenters. The number of aryl methyl sites for hydroxylation is 2. The maximum Gasteiger partial charge on any atom is 0.306 e. The molecule has 3 aromatic rings. The molecule has 1 aliphatic heterocycles. The topological polar surface area (TPSA) is 53.4 Å². The van der Waals surface area contributed by atoms with E-state index in [1.165, 1.54) is 21.4 Å². The molecule has 1 aliphatic rings. The Bertz CT molecular complexity index is 940. The summed E-state index contributed by atoms with van der Waals surface area (Å²) in [6.07, 6.45) is 1.39. The Morgan fingerprint density at radius 1 is 1.19 bits per heavy atom. The van der Waals surface area contributed by atoms with E-state index in [0.29, 0.717) is 12.8 Å². The number of aromatic nitrogens is 1. The van der Waals surface area contributed by atoms with Gasteiger partial charge in [-0.1, -0.05) is 35.9 Å². The first-order chi connectivity index (χ1) is 13.0. The number of piperidine rings is 1. The third kappa shape index (κ3) is 3.62. The van der Waals surface area contributed by atoms with Crippen LogP contribution in [0.5, 0.6) is 0 Å². The van der Waals surface area contributed by atoms with E-state index in [9.17, 15) is 9.90 Å². The third-order valence-corrected chi connectivity index (χ3v) is 6.60. The van der Waals surface area contributed by atoms with Gasteiger partial charge in [-0.2, -0.15) is 0 Å². The zero-order valence-electron chi connectivity index (χ0n) is 15.7. The molecule has 1 saturated heterocycles. The molecule has 1 N–H and O–H groups in total. The quantitative estimate of drug-likeness (QED) is 0.706. The minimum absolute atomic E-state index is 0.0812. The number of hydrogen-bond acceptors (Lipinski definition) is 4. The Morgan fingerprint density at radius 3 is 2.59 bits per heavy atom. The molecule has 0 bridgehead atoms. The van der Waals surface area contributed by atoms with Crippen molar-refractivity contribution in [2.24, 2.45) is 5.92 Å². The first-order valence-corrected chi connectivity index (χ1v) is 10.2. The van der Waals surface area contributed by atoms with E-state index in [4.69, 9.17) is 4.98 Å². The van der Waals surface area contributed by atoms with Gasteiger partial charge in [0, 0.05) is 0 Å². The molecule has 0 saturated carbocycles. The third-order valence-electron chi connectivity index (χ3n) is 5.51. The van der Waals surface area contributed by atoms with Crippen LogP contribution in [0.25, 0.3) is 10.2 Å². The van der Waals surface area contributed by atoms with Gasteiger partial charge < -0.3 is 5.11 Å². The number of nitrogens with zero attached hydrogens (tertiary/aromatic N) is 2. The molecular weight excluding hydrogens is 356 g/mol. The SMILES string of the molecule is Cc1ccc(C(c2nc3ccccc3s2)N2CCC(C(=O)O)CC2)c(C)c1. The fraction of sp³-hybridized carbons (Fsp3) is 0.364. The van der Waals surface area contributed by atoms with Crippen molar-refractivity contribution in [1.82, 2.24) is 9.88 Å². The van der Waals surface area contributed by atoms with Gasteiger partial charge >= 0.3 is 5.97 Å². The van der Waals surface area contributed by atoms with Crippen LogP contribution < -0.4 is 0 Å². The zero-order chi connectivity index (χ0) is 19.0. The van der Waals surface area contributed by atoms with E-state index in [-0.39, 0.29) is 12.0 Å². The van der Waals surface area contributed by atoms with Crippen molar-refractivity contribution in [2.45, 2.75) is 32.7 Å². The minimum Gasteiger partial charge on any atom is -0.481 e. The predicted octanol–water partition coefficient (Wildman–Crippen LogP) is 4.80. The highest BCUT2D eigenvalue weighted by atomic mass is 32.1. The number of carbonyl (C=O) groups is 1. The van der Waals surface area contributed by atoms with Crippen molar-refractivity contribution in [3.63, 3.8) is 0 Å². The Labute approximate surface area is 163 Å². The first kappa shape index (κ1) is 18.1. The molecule has 5 heteroatoms. The minimum atomic E-state index is -0.669. The van der Waals surface area contributed by atoms with Gasteiger partial charge in [0.05, 0.1) is 22.2 Å². The highest BCUT2D eigenvalue weighted by Gasteiger charge is 2.32. The van der Waals surface area contributed by atoms with E-state index in [1.54, 1.807) is 11.3 Å². The van der Waals surface area contributed by atoms with E-state index in [2.05, 4.69) is 55.1 Å². The van der Waals surface area contributed by atoms with Gasteiger partial charge in [-0.05, 0) is 63.0 Å². The zero-order valence-corrected chi connectivity index (χ0v) is 16.5. The smallest absolute Gasteiger partial charge is 0.306 e. The van der Waals surface area contributed by atoms with Crippen molar-refractivity contribution < 1.29 is 9.90 Å². The number of rotatable bonds is 4. The van der Waals surface area contributed by atoms with Crippen LogP contribution in [0, 0.1) is 19.8 Å². The summed E-state index contributed by atoms with van der Waals surface area (Å²) in [6.45, 7) is 5.84. The van der Waals surface area contributed by atoms with E-state index in [1.807, 2.05) is 6.07 Å². The lowest BCUT2D eigenvalue weighted by atomic mass is 9.92. The molecule has 1 fully saturated rings. The maximum atomic E-state index is 11.4. The number of likely N-dealkylation sites (tertiary alicyclic amines) is 1. The van der Waals surface area contributed by atoms with Gasteiger partial charge in [0.2, 0.25) is 0 Å². The number of carboxylic acids is 1. The van der Waals surface area contributed by atoms with E-state index >= 15 is 0 Å². The number of para-hydroxylation sites is 1. The molecule has 2 heterocycles. The molecule has 0 aliphatic carbocycles. The van der Waals surface area contributed by atoms with Gasteiger partial charge in [-0.15, -0.1) is 11.3 Å².